The van der Waals surface area contributed by atoms with Gasteiger partial charge in [-0.05, 0) is 57.3 Å². The number of Topliss-reactive ketones (excluding diaryl/α,β-unsaturated/α-hetero) is 1. The van der Waals surface area contributed by atoms with Gasteiger partial charge < -0.3 is 14.1 Å². The highest BCUT2D eigenvalue weighted by atomic mass is 35.5. The van der Waals surface area contributed by atoms with E-state index in [1.807, 2.05) is 6.07 Å². The van der Waals surface area contributed by atoms with E-state index < -0.39 is 0 Å². The Bertz CT molecular complexity index is 872. The lowest BCUT2D eigenvalue weighted by molar-refractivity contribution is -0.890. The predicted molar refractivity (Wildman–Crippen MR) is 156 cm³/mol. The number of fused-ring (bicyclic) bond motifs is 1. The van der Waals surface area contributed by atoms with Crippen LogP contribution < -0.4 is 4.74 Å². The van der Waals surface area contributed by atoms with E-state index in [1.165, 1.54) is 26.4 Å². The molecule has 2 aliphatic carbocycles. The highest BCUT2D eigenvalue weighted by Gasteiger charge is 2.51. The molecule has 0 N–H and O–H groups in total. The lowest BCUT2D eigenvalue weighted by Gasteiger charge is -2.34. The summed E-state index contributed by atoms with van der Waals surface area (Å²) in [6.07, 6.45) is 10.8. The summed E-state index contributed by atoms with van der Waals surface area (Å²) in [5.74, 6) is 1.33. The molecule has 37 heavy (non-hydrogen) atoms. The van der Waals surface area contributed by atoms with Gasteiger partial charge >= 0.3 is 0 Å². The molecule has 1 atom stereocenters. The summed E-state index contributed by atoms with van der Waals surface area (Å²) in [5, 5.41) is 0.793. The van der Waals surface area contributed by atoms with Crippen molar-refractivity contribution in [2.75, 3.05) is 61.5 Å². The minimum atomic E-state index is -0.297. The average Bonchev–Trinajstić information content (AvgIpc) is 3.46. The quantitative estimate of drug-likeness (QED) is 0.178. The van der Waals surface area contributed by atoms with Crippen molar-refractivity contribution in [2.45, 2.75) is 71.1 Å². The maximum atomic E-state index is 13.8. The van der Waals surface area contributed by atoms with Gasteiger partial charge in [-0.15, -0.1) is 0 Å². The van der Waals surface area contributed by atoms with Crippen molar-refractivity contribution in [3.05, 3.63) is 27.2 Å². The highest BCUT2D eigenvalue weighted by molar-refractivity contribution is 6.45. The molecular weight excluding hydrogens is 531 g/mol. The van der Waals surface area contributed by atoms with E-state index in [2.05, 4.69) is 56.2 Å². The number of carbonyl (C=O) groups is 1. The Labute approximate surface area is 240 Å². The molecule has 212 valence electrons. The largest absolute Gasteiger partial charge is 0.492 e. The van der Waals surface area contributed by atoms with Gasteiger partial charge in [0.1, 0.15) is 10.8 Å². The minimum Gasteiger partial charge on any atom is -0.492 e. The first-order valence-corrected chi connectivity index (χ1v) is 14.9. The lowest BCUT2D eigenvalue weighted by Crippen LogP contribution is -2.42. The van der Waals surface area contributed by atoms with E-state index in [-0.39, 0.29) is 11.2 Å². The summed E-state index contributed by atoms with van der Waals surface area (Å²) in [5.41, 5.74) is 1.41. The monoisotopic (exact) mass is 577 g/mol. The van der Waals surface area contributed by atoms with Crippen LogP contribution in [0.4, 0.5) is 0 Å². The van der Waals surface area contributed by atoms with E-state index in [0.717, 1.165) is 74.6 Å². The minimum absolute atomic E-state index is 0.234. The molecule has 0 amide bonds. The number of hydrogen-bond donors (Lipinski definition) is 0. The smallest absolute Gasteiger partial charge is 0.171 e. The number of hydrogen-bond acceptors (Lipinski definition) is 4. The van der Waals surface area contributed by atoms with Crippen LogP contribution in [0.1, 0.15) is 80.6 Å². The third-order valence-corrected chi connectivity index (χ3v) is 8.94. The zero-order valence-corrected chi connectivity index (χ0v) is 26.1. The molecule has 1 unspecified atom stereocenters. The van der Waals surface area contributed by atoms with Crippen molar-refractivity contribution < 1.29 is 18.3 Å². The molecule has 0 spiro atoms. The Kier molecular flexibility index (Phi) is 13.5. The van der Waals surface area contributed by atoms with Crippen LogP contribution in [0.15, 0.2) is 6.07 Å². The number of nitrogens with zero attached hydrogens (tertiary/aromatic N) is 2. The number of ketones is 1. The van der Waals surface area contributed by atoms with Gasteiger partial charge in [0, 0.05) is 30.4 Å². The fraction of sp³-hybridized carbons (Fsp3) is 0.759. The fourth-order valence-electron chi connectivity index (χ4n) is 6.12. The number of halogens is 3. The van der Waals surface area contributed by atoms with E-state index in [9.17, 15) is 4.79 Å². The van der Waals surface area contributed by atoms with Gasteiger partial charge in [-0.2, -0.15) is 0 Å². The number of benzene rings is 1. The topological polar surface area (TPSA) is 38.8 Å². The molecule has 5 nitrogen and oxygen atoms in total. The van der Waals surface area contributed by atoms with Crippen LogP contribution >= 0.6 is 35.1 Å². The molecule has 0 heterocycles. The molecule has 1 aromatic carbocycles. The van der Waals surface area contributed by atoms with Crippen LogP contribution in [0, 0.1) is 11.3 Å². The molecule has 0 bridgehead atoms. The number of rotatable bonds is 13. The molecule has 1 saturated carbocycles. The first kappa shape index (κ1) is 32.7. The van der Waals surface area contributed by atoms with Gasteiger partial charge in [0.2, 0.25) is 0 Å². The highest BCUT2D eigenvalue weighted by Crippen LogP contribution is 2.54. The summed E-state index contributed by atoms with van der Waals surface area (Å²) >= 11 is 17.9. The van der Waals surface area contributed by atoms with Crippen LogP contribution in [-0.2, 0) is 10.7 Å². The summed E-state index contributed by atoms with van der Waals surface area (Å²) in [4.78, 5) is 16.0. The van der Waals surface area contributed by atoms with Crippen molar-refractivity contribution in [2.24, 2.45) is 11.3 Å². The number of unbranched alkanes of at least 4 members (excludes halogenated alkanes) is 1. The lowest BCUT2D eigenvalue weighted by atomic mass is 9.68. The maximum absolute atomic E-state index is 13.8. The number of quaternary nitrogens is 1. The zero-order chi connectivity index (χ0) is 27.6. The normalized spacial score (nSPS) is 19.8. The molecule has 1 fully saturated rings. The first-order chi connectivity index (χ1) is 17.5. The van der Waals surface area contributed by atoms with Gasteiger partial charge in [0.05, 0.1) is 57.8 Å². The van der Waals surface area contributed by atoms with Crippen molar-refractivity contribution in [3.8, 4) is 5.75 Å². The predicted octanol–water partition coefficient (Wildman–Crippen LogP) is 7.68. The summed E-state index contributed by atoms with van der Waals surface area (Å²) in [7, 11) is 10.2. The van der Waals surface area contributed by atoms with Gasteiger partial charge in [0.15, 0.2) is 5.78 Å². The Morgan fingerprint density at radius 1 is 1.08 bits per heavy atom. The third-order valence-electron chi connectivity index (χ3n) is 8.09. The van der Waals surface area contributed by atoms with Crippen molar-refractivity contribution in [3.63, 3.8) is 0 Å². The fourth-order valence-corrected chi connectivity index (χ4v) is 6.62. The number of ether oxygens (including phenoxy) is 1. The second kappa shape index (κ2) is 15.3. The molecule has 0 aromatic heterocycles. The third kappa shape index (κ3) is 8.71. The van der Waals surface area contributed by atoms with Crippen LogP contribution in [0.5, 0.6) is 5.75 Å². The second-order valence-corrected chi connectivity index (χ2v) is 12.7. The summed E-state index contributed by atoms with van der Waals surface area (Å²) in [6.45, 7) is 6.10. The first-order valence-electron chi connectivity index (χ1n) is 13.8. The summed E-state index contributed by atoms with van der Waals surface area (Å²) < 4.78 is 10.8. The second-order valence-electron chi connectivity index (χ2n) is 11.7. The van der Waals surface area contributed by atoms with Gasteiger partial charge in [-0.1, -0.05) is 55.8 Å². The molecule has 8 heteroatoms. The molecule has 0 radical (unpaired) electrons. The van der Waals surface area contributed by atoms with Crippen molar-refractivity contribution in [1.82, 2.24) is 4.90 Å². The SMILES string of the molecule is CCCCC1(C2CCCC2)Cc2cc(OCCC[N+](C)(C)CCCN(C)C)c(Cl)c(Cl)c2C1=O.COCl. The molecule has 0 aliphatic heterocycles. The van der Waals surface area contributed by atoms with Crippen molar-refractivity contribution in [1.29, 1.82) is 0 Å². The average molecular weight is 579 g/mol. The zero-order valence-electron chi connectivity index (χ0n) is 23.8. The number of carbonyl (C=O) groups excluding carboxylic acids is 1. The van der Waals surface area contributed by atoms with Gasteiger partial charge in [0.25, 0.3) is 0 Å². The Balaban J connectivity index is 0.00000153. The summed E-state index contributed by atoms with van der Waals surface area (Å²) in [6, 6.07) is 2.02. The van der Waals surface area contributed by atoms with Crippen LogP contribution in [0.25, 0.3) is 0 Å². The molecule has 1 aromatic rings. The van der Waals surface area contributed by atoms with Crippen molar-refractivity contribution >= 4 is 40.9 Å². The molecule has 0 saturated heterocycles. The molecule has 3 rings (SSSR count). The molecule has 2 aliphatic rings. The van der Waals surface area contributed by atoms with Gasteiger partial charge in [-0.25, -0.2) is 0 Å². The Morgan fingerprint density at radius 2 is 1.70 bits per heavy atom. The Hall–Kier alpha value is -0.560. The molecular formula is C29H48Cl3N2O3+. The maximum Gasteiger partial charge on any atom is 0.171 e. The van der Waals surface area contributed by atoms with E-state index in [1.54, 1.807) is 0 Å². The Morgan fingerprint density at radius 3 is 2.30 bits per heavy atom. The van der Waals surface area contributed by atoms with E-state index >= 15 is 0 Å². The standard InChI is InChI=1S/C28H45Cl2N2O2.CH3ClO/c1-6-7-14-28(22-12-8-9-13-22)20-21-19-23(25(29)26(30)24(21)27(28)33)34-18-11-17-32(4,5)16-10-15-31(2)3;1-3-2/h19,22H,6-18,20H2,1-5H3;1H3/q+1;. The van der Waals surface area contributed by atoms with Crippen LogP contribution in [0.2, 0.25) is 10.0 Å². The van der Waals surface area contributed by atoms with E-state index in [0.29, 0.717) is 33.9 Å². The van der Waals surface area contributed by atoms with Gasteiger partial charge in [-0.3, -0.25) is 9.08 Å². The van der Waals surface area contributed by atoms with E-state index in [4.69, 9.17) is 27.9 Å². The van der Waals surface area contributed by atoms with Crippen LogP contribution in [0.3, 0.4) is 0 Å². The van der Waals surface area contributed by atoms with Crippen LogP contribution in [-0.4, -0.2) is 76.7 Å².